The highest BCUT2D eigenvalue weighted by atomic mass is 19.1. The molecule has 0 aliphatic carbocycles. The zero-order valence-electron chi connectivity index (χ0n) is 13.0. The third-order valence-electron chi connectivity index (χ3n) is 3.66. The first kappa shape index (κ1) is 17.4. The minimum absolute atomic E-state index is 0.0948. The van der Waals surface area contributed by atoms with Crippen molar-refractivity contribution in [3.8, 4) is 5.75 Å². The topological polar surface area (TPSA) is 64.3 Å². The molecule has 0 aliphatic rings. The molecule has 1 aromatic rings. The Morgan fingerprint density at radius 1 is 1.38 bits per heavy atom. The largest absolute Gasteiger partial charge is 0.494 e. The molecule has 0 spiro atoms. The van der Waals surface area contributed by atoms with Crippen molar-refractivity contribution in [2.75, 3.05) is 19.0 Å². The van der Waals surface area contributed by atoms with Gasteiger partial charge >= 0.3 is 0 Å². The minimum Gasteiger partial charge on any atom is -0.494 e. The average Bonchev–Trinajstić information content (AvgIpc) is 2.44. The van der Waals surface area contributed by atoms with Crippen molar-refractivity contribution in [3.63, 3.8) is 0 Å². The quantitative estimate of drug-likeness (QED) is 0.774. The van der Waals surface area contributed by atoms with Crippen molar-refractivity contribution in [3.05, 3.63) is 24.0 Å². The van der Waals surface area contributed by atoms with Crippen LogP contribution < -0.4 is 15.8 Å². The Balaban J connectivity index is 2.57. The molecule has 0 saturated carbocycles. The van der Waals surface area contributed by atoms with Gasteiger partial charge in [0.15, 0.2) is 0 Å². The summed E-state index contributed by atoms with van der Waals surface area (Å²) in [5, 5.41) is 2.76. The predicted molar refractivity (Wildman–Crippen MR) is 82.8 cm³/mol. The van der Waals surface area contributed by atoms with Gasteiger partial charge in [-0.1, -0.05) is 13.8 Å². The number of rotatable bonds is 8. The Bertz CT molecular complexity index is 464. The molecule has 21 heavy (non-hydrogen) atoms. The fourth-order valence-corrected chi connectivity index (χ4v) is 2.32. The first-order valence-corrected chi connectivity index (χ1v) is 7.31. The second kappa shape index (κ2) is 8.62. The van der Waals surface area contributed by atoms with Gasteiger partial charge in [-0.25, -0.2) is 4.39 Å². The van der Waals surface area contributed by atoms with Gasteiger partial charge in [-0.05, 0) is 43.4 Å². The number of methoxy groups -OCH3 is 1. The second-order valence-electron chi connectivity index (χ2n) is 5.51. The zero-order valence-corrected chi connectivity index (χ0v) is 13.0. The zero-order chi connectivity index (χ0) is 15.8. The number of carbonyl (C=O) groups excluding carboxylic acids is 1. The van der Waals surface area contributed by atoms with Crippen LogP contribution in [0.25, 0.3) is 0 Å². The van der Waals surface area contributed by atoms with Gasteiger partial charge in [-0.2, -0.15) is 0 Å². The SMILES string of the molecule is COc1cc(F)ccc1NC(=O)CCC(CCN)C(C)C. The Labute approximate surface area is 125 Å². The first-order valence-electron chi connectivity index (χ1n) is 7.31. The van der Waals surface area contributed by atoms with Crippen LogP contribution in [0.2, 0.25) is 0 Å². The third kappa shape index (κ3) is 5.71. The lowest BCUT2D eigenvalue weighted by atomic mass is 9.88. The molecule has 4 nitrogen and oxygen atoms in total. The average molecular weight is 296 g/mol. The maximum absolute atomic E-state index is 13.1. The van der Waals surface area contributed by atoms with Crippen LogP contribution in [0.4, 0.5) is 10.1 Å². The number of amides is 1. The summed E-state index contributed by atoms with van der Waals surface area (Å²) in [6, 6.07) is 4.05. The molecule has 0 radical (unpaired) electrons. The number of hydrogen-bond donors (Lipinski definition) is 2. The van der Waals surface area contributed by atoms with Gasteiger partial charge in [0.1, 0.15) is 11.6 Å². The van der Waals surface area contributed by atoms with Gasteiger partial charge in [-0.3, -0.25) is 4.79 Å². The minimum atomic E-state index is -0.396. The first-order chi connectivity index (χ1) is 9.97. The van der Waals surface area contributed by atoms with Crippen LogP contribution in [0.15, 0.2) is 18.2 Å². The monoisotopic (exact) mass is 296 g/mol. The van der Waals surface area contributed by atoms with Crippen molar-refractivity contribution < 1.29 is 13.9 Å². The highest BCUT2D eigenvalue weighted by molar-refractivity contribution is 5.92. The van der Waals surface area contributed by atoms with E-state index in [0.29, 0.717) is 36.2 Å². The summed E-state index contributed by atoms with van der Waals surface area (Å²) in [6.45, 7) is 4.92. The molecule has 3 N–H and O–H groups in total. The van der Waals surface area contributed by atoms with E-state index < -0.39 is 5.82 Å². The van der Waals surface area contributed by atoms with Gasteiger partial charge < -0.3 is 15.8 Å². The van der Waals surface area contributed by atoms with Crippen LogP contribution in [0.1, 0.15) is 33.1 Å². The summed E-state index contributed by atoms with van der Waals surface area (Å²) in [6.07, 6.45) is 2.14. The molecule has 1 atom stereocenters. The molecule has 0 aromatic heterocycles. The van der Waals surface area contributed by atoms with E-state index in [1.165, 1.54) is 25.3 Å². The van der Waals surface area contributed by atoms with E-state index in [4.69, 9.17) is 10.5 Å². The number of ether oxygens (including phenoxy) is 1. The van der Waals surface area contributed by atoms with E-state index in [1.54, 1.807) is 0 Å². The number of anilines is 1. The van der Waals surface area contributed by atoms with E-state index in [-0.39, 0.29) is 5.91 Å². The Morgan fingerprint density at radius 3 is 2.67 bits per heavy atom. The summed E-state index contributed by atoms with van der Waals surface area (Å²) < 4.78 is 18.2. The van der Waals surface area contributed by atoms with Gasteiger partial charge in [0.25, 0.3) is 0 Å². The van der Waals surface area contributed by atoms with Crippen LogP contribution in [0.3, 0.4) is 0 Å². The molecule has 5 heteroatoms. The highest BCUT2D eigenvalue weighted by Crippen LogP contribution is 2.26. The fourth-order valence-electron chi connectivity index (χ4n) is 2.32. The summed E-state index contributed by atoms with van der Waals surface area (Å²) in [7, 11) is 1.44. The number of benzene rings is 1. The van der Waals surface area contributed by atoms with E-state index in [2.05, 4.69) is 19.2 Å². The van der Waals surface area contributed by atoms with E-state index in [0.717, 1.165) is 12.8 Å². The summed E-state index contributed by atoms with van der Waals surface area (Å²) >= 11 is 0. The predicted octanol–water partition coefficient (Wildman–Crippen LogP) is 3.17. The smallest absolute Gasteiger partial charge is 0.224 e. The molecule has 118 valence electrons. The van der Waals surface area contributed by atoms with Crippen molar-refractivity contribution in [1.82, 2.24) is 0 Å². The van der Waals surface area contributed by atoms with Gasteiger partial charge in [0.2, 0.25) is 5.91 Å². The lowest BCUT2D eigenvalue weighted by Crippen LogP contribution is -2.18. The van der Waals surface area contributed by atoms with Crippen LogP contribution in [-0.2, 0) is 4.79 Å². The summed E-state index contributed by atoms with van der Waals surface area (Å²) in [5.74, 6) is 0.776. The Morgan fingerprint density at radius 2 is 2.10 bits per heavy atom. The van der Waals surface area contributed by atoms with Gasteiger partial charge in [-0.15, -0.1) is 0 Å². The molecular weight excluding hydrogens is 271 g/mol. The third-order valence-corrected chi connectivity index (χ3v) is 3.66. The molecule has 0 saturated heterocycles. The lowest BCUT2D eigenvalue weighted by molar-refractivity contribution is -0.116. The van der Waals surface area contributed by atoms with E-state index >= 15 is 0 Å². The Kier molecular flexibility index (Phi) is 7.15. The number of nitrogens with one attached hydrogen (secondary N) is 1. The van der Waals surface area contributed by atoms with Crippen LogP contribution in [0.5, 0.6) is 5.75 Å². The molecule has 0 fully saturated rings. The van der Waals surface area contributed by atoms with E-state index in [1.807, 2.05) is 0 Å². The fraction of sp³-hybridized carbons (Fsp3) is 0.562. The molecule has 0 aliphatic heterocycles. The molecule has 1 rings (SSSR count). The number of nitrogens with two attached hydrogens (primary N) is 1. The molecule has 1 unspecified atom stereocenters. The normalized spacial score (nSPS) is 12.3. The molecule has 1 amide bonds. The number of hydrogen-bond acceptors (Lipinski definition) is 3. The van der Waals surface area contributed by atoms with E-state index in [9.17, 15) is 9.18 Å². The highest BCUT2D eigenvalue weighted by Gasteiger charge is 2.15. The summed E-state index contributed by atoms with van der Waals surface area (Å²) in [4.78, 5) is 12.0. The van der Waals surface area contributed by atoms with Crippen molar-refractivity contribution in [1.29, 1.82) is 0 Å². The maximum atomic E-state index is 13.1. The van der Waals surface area contributed by atoms with Gasteiger partial charge in [0.05, 0.1) is 12.8 Å². The molecule has 1 aromatic carbocycles. The number of halogens is 1. The second-order valence-corrected chi connectivity index (χ2v) is 5.51. The van der Waals surface area contributed by atoms with Gasteiger partial charge in [0, 0.05) is 12.5 Å². The number of carbonyl (C=O) groups is 1. The van der Waals surface area contributed by atoms with Crippen LogP contribution in [0, 0.1) is 17.7 Å². The lowest BCUT2D eigenvalue weighted by Gasteiger charge is -2.19. The molecular formula is C16H25FN2O2. The summed E-state index contributed by atoms with van der Waals surface area (Å²) in [5.41, 5.74) is 6.09. The van der Waals surface area contributed by atoms with Crippen molar-refractivity contribution >= 4 is 11.6 Å². The molecule has 0 bridgehead atoms. The van der Waals surface area contributed by atoms with Crippen molar-refractivity contribution in [2.24, 2.45) is 17.6 Å². The Hall–Kier alpha value is -1.62. The maximum Gasteiger partial charge on any atom is 0.224 e. The molecule has 0 heterocycles. The van der Waals surface area contributed by atoms with Crippen molar-refractivity contribution in [2.45, 2.75) is 33.1 Å². The van der Waals surface area contributed by atoms with Crippen LogP contribution >= 0.6 is 0 Å². The standard InChI is InChI=1S/C16H25FN2O2/c1-11(2)12(8-9-18)4-7-16(20)19-14-6-5-13(17)10-15(14)21-3/h5-6,10-12H,4,7-9,18H2,1-3H3,(H,19,20). The van der Waals surface area contributed by atoms with Crippen LogP contribution in [-0.4, -0.2) is 19.6 Å².